The summed E-state index contributed by atoms with van der Waals surface area (Å²) in [6.45, 7) is 3.94. The summed E-state index contributed by atoms with van der Waals surface area (Å²) < 4.78 is 0. The summed E-state index contributed by atoms with van der Waals surface area (Å²) in [5.41, 5.74) is 1.81. The van der Waals surface area contributed by atoms with E-state index in [9.17, 15) is 9.59 Å². The van der Waals surface area contributed by atoms with Crippen LogP contribution in [0.2, 0.25) is 0 Å². The van der Waals surface area contributed by atoms with Crippen molar-refractivity contribution in [2.75, 3.05) is 0 Å². The topological polar surface area (TPSA) is 37.4 Å². The van der Waals surface area contributed by atoms with Crippen LogP contribution in [0.3, 0.4) is 0 Å². The summed E-state index contributed by atoms with van der Waals surface area (Å²) in [6, 6.07) is 6.97. The first-order chi connectivity index (χ1) is 8.20. The van der Waals surface area contributed by atoms with Crippen molar-refractivity contribution >= 4 is 11.8 Å². The van der Waals surface area contributed by atoms with Crippen LogP contribution in [0.25, 0.3) is 0 Å². The van der Waals surface area contributed by atoms with Crippen LogP contribution in [0.1, 0.15) is 47.4 Å². The second kappa shape index (κ2) is 4.53. The maximum atomic E-state index is 12.1. The zero-order valence-electron chi connectivity index (χ0n) is 10.1. The standard InChI is InChI=1S/C14H15NO2/c1-3-7-10(4-2)15-13(16)11-8-5-6-9-12(11)14(15)17/h5-9H,3-4H2,1-2H3/b10-7+. The molecule has 88 valence electrons. The van der Waals surface area contributed by atoms with Crippen LogP contribution in [0.4, 0.5) is 0 Å². The summed E-state index contributed by atoms with van der Waals surface area (Å²) in [4.78, 5) is 25.6. The first-order valence-corrected chi connectivity index (χ1v) is 5.87. The molecule has 0 N–H and O–H groups in total. The maximum absolute atomic E-state index is 12.1. The zero-order chi connectivity index (χ0) is 12.4. The van der Waals surface area contributed by atoms with Gasteiger partial charge in [-0.3, -0.25) is 9.59 Å². The minimum atomic E-state index is -0.202. The van der Waals surface area contributed by atoms with Gasteiger partial charge in [0.1, 0.15) is 0 Å². The first kappa shape index (κ1) is 11.6. The Kier molecular flexibility index (Phi) is 3.09. The third kappa shape index (κ3) is 1.78. The van der Waals surface area contributed by atoms with Crippen LogP contribution in [0, 0.1) is 0 Å². The zero-order valence-corrected chi connectivity index (χ0v) is 10.1. The van der Waals surface area contributed by atoms with Crippen LogP contribution in [0.5, 0.6) is 0 Å². The third-order valence-electron chi connectivity index (χ3n) is 2.88. The molecule has 1 heterocycles. The van der Waals surface area contributed by atoms with E-state index in [1.165, 1.54) is 4.90 Å². The first-order valence-electron chi connectivity index (χ1n) is 5.87. The van der Waals surface area contributed by atoms with Crippen molar-refractivity contribution in [2.24, 2.45) is 0 Å². The lowest BCUT2D eigenvalue weighted by atomic mass is 10.1. The number of rotatable bonds is 3. The minimum Gasteiger partial charge on any atom is -0.268 e. The van der Waals surface area contributed by atoms with Gasteiger partial charge in [0.2, 0.25) is 0 Å². The van der Waals surface area contributed by atoms with Gasteiger partial charge in [0, 0.05) is 5.70 Å². The molecule has 1 aromatic carbocycles. The molecule has 0 unspecified atom stereocenters. The van der Waals surface area contributed by atoms with E-state index in [1.54, 1.807) is 24.3 Å². The molecule has 0 saturated heterocycles. The van der Waals surface area contributed by atoms with Gasteiger partial charge in [-0.05, 0) is 25.0 Å². The number of benzene rings is 1. The minimum absolute atomic E-state index is 0.202. The van der Waals surface area contributed by atoms with Gasteiger partial charge in [0.05, 0.1) is 11.1 Å². The predicted molar refractivity (Wildman–Crippen MR) is 65.6 cm³/mol. The number of carbonyl (C=O) groups excluding carboxylic acids is 2. The lowest BCUT2D eigenvalue weighted by molar-refractivity contribution is 0.0699. The number of imide groups is 1. The number of allylic oxidation sites excluding steroid dienone is 2. The molecule has 0 fully saturated rings. The van der Waals surface area contributed by atoms with E-state index in [2.05, 4.69) is 0 Å². The van der Waals surface area contributed by atoms with Crippen molar-refractivity contribution in [3.63, 3.8) is 0 Å². The Labute approximate surface area is 101 Å². The summed E-state index contributed by atoms with van der Waals surface area (Å²) >= 11 is 0. The average Bonchev–Trinajstić information content (AvgIpc) is 2.61. The monoisotopic (exact) mass is 229 g/mol. The quantitative estimate of drug-likeness (QED) is 0.747. The van der Waals surface area contributed by atoms with Crippen LogP contribution in [-0.4, -0.2) is 16.7 Å². The molecule has 0 atom stereocenters. The molecule has 1 aliphatic heterocycles. The number of carbonyl (C=O) groups is 2. The summed E-state index contributed by atoms with van der Waals surface area (Å²) in [7, 11) is 0. The van der Waals surface area contributed by atoms with Gasteiger partial charge in [-0.2, -0.15) is 0 Å². The number of fused-ring (bicyclic) bond motifs is 1. The molecule has 0 aromatic heterocycles. The summed E-state index contributed by atoms with van der Waals surface area (Å²) in [5.74, 6) is -0.403. The lowest BCUT2D eigenvalue weighted by Gasteiger charge is -2.16. The van der Waals surface area contributed by atoms with E-state index in [0.29, 0.717) is 17.5 Å². The molecule has 0 bridgehead atoms. The Morgan fingerprint density at radius 1 is 1.12 bits per heavy atom. The molecule has 3 heteroatoms. The van der Waals surface area contributed by atoms with Crippen LogP contribution in [-0.2, 0) is 0 Å². The predicted octanol–water partition coefficient (Wildman–Crippen LogP) is 2.99. The fourth-order valence-corrected chi connectivity index (χ4v) is 2.08. The van der Waals surface area contributed by atoms with Gasteiger partial charge in [0.25, 0.3) is 11.8 Å². The Bertz CT molecular complexity index is 468. The molecule has 2 amide bonds. The van der Waals surface area contributed by atoms with Crippen molar-refractivity contribution in [1.82, 2.24) is 4.90 Å². The fourth-order valence-electron chi connectivity index (χ4n) is 2.08. The smallest absolute Gasteiger partial charge is 0.265 e. The normalized spacial score (nSPS) is 15.4. The van der Waals surface area contributed by atoms with E-state index in [-0.39, 0.29) is 11.8 Å². The number of amides is 2. The van der Waals surface area contributed by atoms with E-state index in [4.69, 9.17) is 0 Å². The van der Waals surface area contributed by atoms with E-state index in [1.807, 2.05) is 19.9 Å². The van der Waals surface area contributed by atoms with Crippen LogP contribution >= 0.6 is 0 Å². The van der Waals surface area contributed by atoms with Crippen molar-refractivity contribution in [1.29, 1.82) is 0 Å². The second-order valence-electron chi connectivity index (χ2n) is 3.95. The van der Waals surface area contributed by atoms with Gasteiger partial charge in [-0.15, -0.1) is 0 Å². The fraction of sp³-hybridized carbons (Fsp3) is 0.286. The highest BCUT2D eigenvalue weighted by Gasteiger charge is 2.36. The molecule has 17 heavy (non-hydrogen) atoms. The molecule has 3 nitrogen and oxygen atoms in total. The molecule has 2 rings (SSSR count). The highest BCUT2D eigenvalue weighted by molar-refractivity contribution is 6.22. The van der Waals surface area contributed by atoms with Gasteiger partial charge >= 0.3 is 0 Å². The summed E-state index contributed by atoms with van der Waals surface area (Å²) in [6.07, 6.45) is 3.43. The van der Waals surface area contributed by atoms with E-state index >= 15 is 0 Å². The molecule has 0 spiro atoms. The molecular formula is C14H15NO2. The molecule has 1 aromatic rings. The van der Waals surface area contributed by atoms with E-state index in [0.717, 1.165) is 12.1 Å². The van der Waals surface area contributed by atoms with Gasteiger partial charge in [-0.25, -0.2) is 4.90 Å². The Morgan fingerprint density at radius 3 is 2.06 bits per heavy atom. The Morgan fingerprint density at radius 2 is 1.65 bits per heavy atom. The number of hydrogen-bond donors (Lipinski definition) is 0. The number of nitrogens with zero attached hydrogens (tertiary/aromatic N) is 1. The Balaban J connectivity index is 2.46. The molecule has 0 aliphatic carbocycles. The van der Waals surface area contributed by atoms with Crippen LogP contribution in [0.15, 0.2) is 36.0 Å². The third-order valence-corrected chi connectivity index (χ3v) is 2.88. The van der Waals surface area contributed by atoms with Gasteiger partial charge in [-0.1, -0.05) is 32.1 Å². The molecular weight excluding hydrogens is 214 g/mol. The van der Waals surface area contributed by atoms with Gasteiger partial charge in [0.15, 0.2) is 0 Å². The van der Waals surface area contributed by atoms with Crippen molar-refractivity contribution in [3.8, 4) is 0 Å². The number of hydrogen-bond acceptors (Lipinski definition) is 2. The highest BCUT2D eigenvalue weighted by atomic mass is 16.2. The highest BCUT2D eigenvalue weighted by Crippen LogP contribution is 2.27. The van der Waals surface area contributed by atoms with E-state index < -0.39 is 0 Å². The maximum Gasteiger partial charge on any atom is 0.265 e. The average molecular weight is 229 g/mol. The molecule has 0 saturated carbocycles. The molecule has 1 aliphatic rings. The van der Waals surface area contributed by atoms with Crippen molar-refractivity contribution < 1.29 is 9.59 Å². The lowest BCUT2D eigenvalue weighted by Crippen LogP contribution is -2.28. The largest absolute Gasteiger partial charge is 0.268 e. The SMILES string of the molecule is CC/C=C(\CC)N1C(=O)c2ccccc2C1=O. The van der Waals surface area contributed by atoms with Crippen LogP contribution < -0.4 is 0 Å². The van der Waals surface area contributed by atoms with Crippen molar-refractivity contribution in [3.05, 3.63) is 47.2 Å². The van der Waals surface area contributed by atoms with Crippen molar-refractivity contribution in [2.45, 2.75) is 26.7 Å². The summed E-state index contributed by atoms with van der Waals surface area (Å²) in [5, 5.41) is 0. The second-order valence-corrected chi connectivity index (χ2v) is 3.95. The van der Waals surface area contributed by atoms with Gasteiger partial charge < -0.3 is 0 Å². The Hall–Kier alpha value is -1.90. The molecule has 0 radical (unpaired) electrons.